The third kappa shape index (κ3) is 4.52. The summed E-state index contributed by atoms with van der Waals surface area (Å²) in [5, 5.41) is 15.1. The van der Waals surface area contributed by atoms with Crippen molar-refractivity contribution in [1.82, 2.24) is 9.97 Å². The first-order valence-corrected chi connectivity index (χ1v) is 7.81. The van der Waals surface area contributed by atoms with E-state index >= 15 is 0 Å². The summed E-state index contributed by atoms with van der Waals surface area (Å²) in [5.41, 5.74) is 2.10. The first-order chi connectivity index (χ1) is 12.2. The molecule has 1 heterocycles. The number of nitrogens with one attached hydrogen (secondary N) is 2. The molecule has 0 bridgehead atoms. The summed E-state index contributed by atoms with van der Waals surface area (Å²) >= 11 is 0. The number of nitrogens with zero attached hydrogens (tertiary/aromatic N) is 3. The number of hydrogen-bond donors (Lipinski definition) is 2. The fourth-order valence-electron chi connectivity index (χ4n) is 2.32. The smallest absolute Gasteiger partial charge is 0.135 e. The van der Waals surface area contributed by atoms with Crippen molar-refractivity contribution in [2.75, 3.05) is 17.2 Å². The van der Waals surface area contributed by atoms with Crippen LogP contribution in [0.15, 0.2) is 60.9 Å². The number of hydrogen-bond acceptors (Lipinski definition) is 5. The predicted molar refractivity (Wildman–Crippen MR) is 95.1 cm³/mol. The maximum absolute atomic E-state index is 13.6. The van der Waals surface area contributed by atoms with Gasteiger partial charge in [0, 0.05) is 18.3 Å². The molecule has 0 saturated carbocycles. The Morgan fingerprint density at radius 3 is 2.52 bits per heavy atom. The quantitative estimate of drug-likeness (QED) is 0.716. The summed E-state index contributed by atoms with van der Waals surface area (Å²) in [7, 11) is 0. The van der Waals surface area contributed by atoms with Gasteiger partial charge in [0.05, 0.1) is 11.6 Å². The number of benzene rings is 2. The van der Waals surface area contributed by atoms with Gasteiger partial charge in [-0.05, 0) is 42.3 Å². The molecule has 3 aromatic rings. The van der Waals surface area contributed by atoms with Crippen molar-refractivity contribution >= 4 is 17.3 Å². The number of aromatic nitrogens is 2. The lowest BCUT2D eigenvalue weighted by Gasteiger charge is -2.09. The number of halogens is 1. The lowest BCUT2D eigenvalue weighted by Crippen LogP contribution is -2.08. The monoisotopic (exact) mass is 333 g/mol. The minimum atomic E-state index is -0.199. The molecule has 0 aliphatic rings. The number of rotatable bonds is 6. The highest BCUT2D eigenvalue weighted by Crippen LogP contribution is 2.17. The molecule has 5 nitrogen and oxygen atoms in total. The zero-order chi connectivity index (χ0) is 17.5. The molecule has 0 amide bonds. The Kier molecular flexibility index (Phi) is 5.17. The van der Waals surface area contributed by atoms with E-state index in [4.69, 9.17) is 5.26 Å². The van der Waals surface area contributed by atoms with Crippen molar-refractivity contribution in [3.05, 3.63) is 77.9 Å². The topological polar surface area (TPSA) is 73.6 Å². The van der Waals surface area contributed by atoms with Crippen molar-refractivity contribution in [3.8, 4) is 6.07 Å². The Balaban J connectivity index is 1.59. The van der Waals surface area contributed by atoms with E-state index in [9.17, 15) is 4.39 Å². The molecule has 0 saturated heterocycles. The second kappa shape index (κ2) is 7.88. The Morgan fingerprint density at radius 1 is 1.00 bits per heavy atom. The summed E-state index contributed by atoms with van der Waals surface area (Å²) in [6, 6.07) is 17.7. The molecule has 0 atom stereocenters. The summed E-state index contributed by atoms with van der Waals surface area (Å²) < 4.78 is 13.6. The van der Waals surface area contributed by atoms with Gasteiger partial charge >= 0.3 is 0 Å². The maximum atomic E-state index is 13.6. The minimum Gasteiger partial charge on any atom is -0.370 e. The lowest BCUT2D eigenvalue weighted by molar-refractivity contribution is 0.610. The minimum absolute atomic E-state index is 0.199. The number of nitriles is 1. The first-order valence-electron chi connectivity index (χ1n) is 7.81. The van der Waals surface area contributed by atoms with Crippen LogP contribution in [0.1, 0.15) is 11.1 Å². The van der Waals surface area contributed by atoms with Gasteiger partial charge in [-0.15, -0.1) is 0 Å². The van der Waals surface area contributed by atoms with Gasteiger partial charge in [-0.2, -0.15) is 5.26 Å². The summed E-state index contributed by atoms with van der Waals surface area (Å²) in [6.45, 7) is 0.564. The van der Waals surface area contributed by atoms with Crippen molar-refractivity contribution in [2.45, 2.75) is 6.42 Å². The molecule has 0 aliphatic carbocycles. The maximum Gasteiger partial charge on any atom is 0.135 e. The van der Waals surface area contributed by atoms with Gasteiger partial charge in [0.15, 0.2) is 0 Å². The fourth-order valence-corrected chi connectivity index (χ4v) is 2.32. The van der Waals surface area contributed by atoms with Crippen LogP contribution < -0.4 is 10.6 Å². The average Bonchev–Trinajstić information content (AvgIpc) is 2.64. The highest BCUT2D eigenvalue weighted by atomic mass is 19.1. The molecular weight excluding hydrogens is 317 g/mol. The van der Waals surface area contributed by atoms with Crippen LogP contribution in [-0.2, 0) is 6.42 Å². The van der Waals surface area contributed by atoms with Gasteiger partial charge in [-0.25, -0.2) is 14.4 Å². The standard InChI is InChI=1S/C19H16FN5/c20-17-4-2-1-3-15(17)9-10-22-18-11-19(24-13-23-18)25-16-7-5-14(12-21)6-8-16/h1-8,11,13H,9-10H2,(H2,22,23,24,25). The van der Waals surface area contributed by atoms with Crippen LogP contribution in [0.4, 0.5) is 21.7 Å². The molecule has 1 aromatic heterocycles. The molecule has 0 radical (unpaired) electrons. The van der Waals surface area contributed by atoms with Crippen molar-refractivity contribution in [2.24, 2.45) is 0 Å². The third-order valence-corrected chi connectivity index (χ3v) is 3.61. The summed E-state index contributed by atoms with van der Waals surface area (Å²) in [4.78, 5) is 8.33. The average molecular weight is 333 g/mol. The van der Waals surface area contributed by atoms with E-state index in [1.807, 2.05) is 18.2 Å². The molecule has 2 N–H and O–H groups in total. The molecule has 0 aliphatic heterocycles. The second-order valence-corrected chi connectivity index (χ2v) is 5.37. The normalized spacial score (nSPS) is 10.1. The Morgan fingerprint density at radius 2 is 1.76 bits per heavy atom. The van der Waals surface area contributed by atoms with Crippen molar-refractivity contribution < 1.29 is 4.39 Å². The largest absolute Gasteiger partial charge is 0.370 e. The molecule has 25 heavy (non-hydrogen) atoms. The van der Waals surface area contributed by atoms with E-state index in [0.29, 0.717) is 35.7 Å². The summed E-state index contributed by atoms with van der Waals surface area (Å²) in [5.74, 6) is 1.09. The summed E-state index contributed by atoms with van der Waals surface area (Å²) in [6.07, 6.45) is 2.02. The zero-order valence-corrected chi connectivity index (χ0v) is 13.4. The molecule has 0 fully saturated rings. The zero-order valence-electron chi connectivity index (χ0n) is 13.4. The van der Waals surface area contributed by atoms with Gasteiger partial charge in [0.1, 0.15) is 23.8 Å². The SMILES string of the molecule is N#Cc1ccc(Nc2cc(NCCc3ccccc3F)ncn2)cc1. The van der Waals surface area contributed by atoms with Crippen LogP contribution >= 0.6 is 0 Å². The van der Waals surface area contributed by atoms with Gasteiger partial charge in [-0.1, -0.05) is 18.2 Å². The van der Waals surface area contributed by atoms with E-state index < -0.39 is 0 Å². The van der Waals surface area contributed by atoms with E-state index in [2.05, 4.69) is 26.7 Å². The lowest BCUT2D eigenvalue weighted by atomic mass is 10.1. The van der Waals surface area contributed by atoms with Crippen LogP contribution in [0.2, 0.25) is 0 Å². The van der Waals surface area contributed by atoms with E-state index in [-0.39, 0.29) is 5.82 Å². The van der Waals surface area contributed by atoms with E-state index in [0.717, 1.165) is 5.69 Å². The van der Waals surface area contributed by atoms with Crippen molar-refractivity contribution in [3.63, 3.8) is 0 Å². The molecule has 3 rings (SSSR count). The van der Waals surface area contributed by atoms with Crippen LogP contribution in [0, 0.1) is 17.1 Å². The van der Waals surface area contributed by atoms with Gasteiger partial charge in [0.25, 0.3) is 0 Å². The van der Waals surface area contributed by atoms with E-state index in [1.165, 1.54) is 12.4 Å². The predicted octanol–water partition coefficient (Wildman–Crippen LogP) is 3.89. The van der Waals surface area contributed by atoms with E-state index in [1.54, 1.807) is 30.3 Å². The highest BCUT2D eigenvalue weighted by molar-refractivity contribution is 5.59. The van der Waals surface area contributed by atoms with Crippen LogP contribution in [0.3, 0.4) is 0 Å². The van der Waals surface area contributed by atoms with Crippen LogP contribution in [-0.4, -0.2) is 16.5 Å². The van der Waals surface area contributed by atoms with Crippen molar-refractivity contribution in [1.29, 1.82) is 5.26 Å². The molecule has 0 spiro atoms. The Bertz CT molecular complexity index is 887. The van der Waals surface area contributed by atoms with Gasteiger partial charge < -0.3 is 10.6 Å². The van der Waals surface area contributed by atoms with Gasteiger partial charge in [0.2, 0.25) is 0 Å². The Hall–Kier alpha value is -3.46. The highest BCUT2D eigenvalue weighted by Gasteiger charge is 2.02. The number of anilines is 3. The van der Waals surface area contributed by atoms with Crippen LogP contribution in [0.5, 0.6) is 0 Å². The molecule has 124 valence electrons. The van der Waals surface area contributed by atoms with Crippen LogP contribution in [0.25, 0.3) is 0 Å². The Labute approximate surface area is 145 Å². The molecule has 0 unspecified atom stereocenters. The van der Waals surface area contributed by atoms with Gasteiger partial charge in [-0.3, -0.25) is 0 Å². The second-order valence-electron chi connectivity index (χ2n) is 5.37. The molecule has 2 aromatic carbocycles. The molecule has 6 heteroatoms. The fraction of sp³-hybridized carbons (Fsp3) is 0.105. The third-order valence-electron chi connectivity index (χ3n) is 3.61. The first kappa shape index (κ1) is 16.4. The molecular formula is C19H16FN5.